The molecule has 0 aliphatic carbocycles. The Morgan fingerprint density at radius 1 is 1.36 bits per heavy atom. The van der Waals surface area contributed by atoms with E-state index in [4.69, 9.17) is 4.74 Å². The highest BCUT2D eigenvalue weighted by molar-refractivity contribution is 4.85. The largest absolute Gasteiger partial charge is 0.380 e. The third kappa shape index (κ3) is 2.19. The summed E-state index contributed by atoms with van der Waals surface area (Å²) in [6.07, 6.45) is 4.00. The van der Waals surface area contributed by atoms with Crippen molar-refractivity contribution >= 4 is 0 Å². The van der Waals surface area contributed by atoms with Crippen LogP contribution in [0.1, 0.15) is 40.0 Å². The molecule has 1 heteroatoms. The van der Waals surface area contributed by atoms with E-state index in [1.807, 2.05) is 0 Å². The Labute approximate surface area is 70.1 Å². The van der Waals surface area contributed by atoms with Gasteiger partial charge >= 0.3 is 0 Å². The van der Waals surface area contributed by atoms with Crippen molar-refractivity contribution in [1.29, 1.82) is 0 Å². The van der Waals surface area contributed by atoms with Gasteiger partial charge in [0.05, 0.1) is 13.2 Å². The summed E-state index contributed by atoms with van der Waals surface area (Å²) in [6.45, 7) is 8.89. The molecule has 0 saturated carbocycles. The monoisotopic (exact) mass is 156 g/mol. The second-order valence-electron chi connectivity index (χ2n) is 4.34. The molecule has 66 valence electrons. The normalized spacial score (nSPS) is 21.8. The predicted octanol–water partition coefficient (Wildman–Crippen LogP) is 2.85. The zero-order valence-electron chi connectivity index (χ0n) is 8.02. The maximum absolute atomic E-state index is 5.29. The van der Waals surface area contributed by atoms with Crippen molar-refractivity contribution in [3.63, 3.8) is 0 Å². The molecule has 0 amide bonds. The first-order valence-corrected chi connectivity index (χ1v) is 4.76. The van der Waals surface area contributed by atoms with Crippen molar-refractivity contribution < 1.29 is 4.74 Å². The minimum atomic E-state index is 0.572. The van der Waals surface area contributed by atoms with Crippen molar-refractivity contribution in [2.75, 3.05) is 13.2 Å². The lowest BCUT2D eigenvalue weighted by atomic mass is 9.75. The highest BCUT2D eigenvalue weighted by Crippen LogP contribution is 2.38. The van der Waals surface area contributed by atoms with Crippen molar-refractivity contribution in [3.8, 4) is 0 Å². The molecule has 1 fully saturated rings. The van der Waals surface area contributed by atoms with Crippen molar-refractivity contribution in [1.82, 2.24) is 0 Å². The molecule has 0 aromatic carbocycles. The molecule has 0 spiro atoms. The Bertz CT molecular complexity index is 114. The standard InChI is InChI=1S/C10H20O/c1-4-5-10(6-9(2)3)7-11-8-10/h9H,4-8H2,1-3H3. The van der Waals surface area contributed by atoms with Crippen LogP contribution >= 0.6 is 0 Å². The highest BCUT2D eigenvalue weighted by Gasteiger charge is 2.37. The van der Waals surface area contributed by atoms with Crippen LogP contribution in [0.15, 0.2) is 0 Å². The Kier molecular flexibility index (Phi) is 2.94. The zero-order valence-corrected chi connectivity index (χ0v) is 8.02. The van der Waals surface area contributed by atoms with E-state index in [1.165, 1.54) is 19.3 Å². The zero-order chi connectivity index (χ0) is 8.32. The topological polar surface area (TPSA) is 9.23 Å². The second-order valence-corrected chi connectivity index (χ2v) is 4.34. The van der Waals surface area contributed by atoms with E-state index >= 15 is 0 Å². The quantitative estimate of drug-likeness (QED) is 0.608. The van der Waals surface area contributed by atoms with Gasteiger partial charge in [0.25, 0.3) is 0 Å². The van der Waals surface area contributed by atoms with Gasteiger partial charge in [-0.1, -0.05) is 27.2 Å². The smallest absolute Gasteiger partial charge is 0.0544 e. The predicted molar refractivity (Wildman–Crippen MR) is 47.6 cm³/mol. The SMILES string of the molecule is CCCC1(CC(C)C)COC1. The van der Waals surface area contributed by atoms with E-state index in [-0.39, 0.29) is 0 Å². The van der Waals surface area contributed by atoms with E-state index in [0.717, 1.165) is 19.1 Å². The molecule has 1 aliphatic heterocycles. The molecule has 1 heterocycles. The van der Waals surface area contributed by atoms with Gasteiger partial charge in [0, 0.05) is 5.41 Å². The summed E-state index contributed by atoms with van der Waals surface area (Å²) in [5, 5.41) is 0. The first-order valence-electron chi connectivity index (χ1n) is 4.76. The van der Waals surface area contributed by atoms with Crippen LogP contribution < -0.4 is 0 Å². The van der Waals surface area contributed by atoms with Gasteiger partial charge in [-0.2, -0.15) is 0 Å². The van der Waals surface area contributed by atoms with Gasteiger partial charge < -0.3 is 4.74 Å². The number of hydrogen-bond donors (Lipinski definition) is 0. The lowest BCUT2D eigenvalue weighted by Crippen LogP contribution is -2.43. The van der Waals surface area contributed by atoms with Crippen LogP contribution in [-0.2, 0) is 4.74 Å². The number of rotatable bonds is 4. The lowest BCUT2D eigenvalue weighted by molar-refractivity contribution is -0.127. The van der Waals surface area contributed by atoms with Crippen LogP contribution in [0.5, 0.6) is 0 Å². The summed E-state index contributed by atoms with van der Waals surface area (Å²) in [6, 6.07) is 0. The van der Waals surface area contributed by atoms with Crippen molar-refractivity contribution in [3.05, 3.63) is 0 Å². The molecule has 0 bridgehead atoms. The van der Waals surface area contributed by atoms with Crippen LogP contribution in [0.25, 0.3) is 0 Å². The van der Waals surface area contributed by atoms with Crippen LogP contribution in [0.4, 0.5) is 0 Å². The summed E-state index contributed by atoms with van der Waals surface area (Å²) in [5.74, 6) is 0.824. The van der Waals surface area contributed by atoms with Gasteiger partial charge in [-0.15, -0.1) is 0 Å². The van der Waals surface area contributed by atoms with Crippen LogP contribution in [0.2, 0.25) is 0 Å². The molecule has 0 N–H and O–H groups in total. The minimum absolute atomic E-state index is 0.572. The molecule has 0 aromatic heterocycles. The Hall–Kier alpha value is -0.0400. The van der Waals surface area contributed by atoms with Crippen LogP contribution in [-0.4, -0.2) is 13.2 Å². The molecule has 11 heavy (non-hydrogen) atoms. The lowest BCUT2D eigenvalue weighted by Gasteiger charge is -2.42. The maximum atomic E-state index is 5.29. The third-order valence-corrected chi connectivity index (χ3v) is 2.44. The fourth-order valence-electron chi connectivity index (χ4n) is 2.15. The Morgan fingerprint density at radius 2 is 2.00 bits per heavy atom. The third-order valence-electron chi connectivity index (χ3n) is 2.44. The van der Waals surface area contributed by atoms with E-state index in [0.29, 0.717) is 5.41 Å². The molecular weight excluding hydrogens is 136 g/mol. The molecule has 1 rings (SSSR count). The van der Waals surface area contributed by atoms with E-state index in [2.05, 4.69) is 20.8 Å². The first kappa shape index (κ1) is 9.05. The number of ether oxygens (including phenoxy) is 1. The first-order chi connectivity index (χ1) is 5.18. The molecule has 1 nitrogen and oxygen atoms in total. The van der Waals surface area contributed by atoms with Gasteiger partial charge in [0.2, 0.25) is 0 Å². The highest BCUT2D eigenvalue weighted by atomic mass is 16.5. The van der Waals surface area contributed by atoms with E-state index < -0.39 is 0 Å². The molecule has 0 aromatic rings. The van der Waals surface area contributed by atoms with Gasteiger partial charge in [0.1, 0.15) is 0 Å². The molecule has 0 radical (unpaired) electrons. The summed E-state index contributed by atoms with van der Waals surface area (Å²) in [7, 11) is 0. The average Bonchev–Trinajstić information content (AvgIpc) is 1.82. The van der Waals surface area contributed by atoms with Crippen LogP contribution in [0, 0.1) is 11.3 Å². The fraction of sp³-hybridized carbons (Fsp3) is 1.00. The molecule has 0 atom stereocenters. The average molecular weight is 156 g/mol. The molecular formula is C10H20O. The minimum Gasteiger partial charge on any atom is -0.380 e. The van der Waals surface area contributed by atoms with Gasteiger partial charge in [0.15, 0.2) is 0 Å². The second kappa shape index (κ2) is 3.57. The summed E-state index contributed by atoms with van der Waals surface area (Å²) in [4.78, 5) is 0. The fourth-order valence-corrected chi connectivity index (χ4v) is 2.15. The summed E-state index contributed by atoms with van der Waals surface area (Å²) in [5.41, 5.74) is 0.572. The van der Waals surface area contributed by atoms with Gasteiger partial charge in [-0.3, -0.25) is 0 Å². The Morgan fingerprint density at radius 3 is 2.27 bits per heavy atom. The maximum Gasteiger partial charge on any atom is 0.0544 e. The van der Waals surface area contributed by atoms with E-state index in [1.54, 1.807) is 0 Å². The number of hydrogen-bond acceptors (Lipinski definition) is 1. The van der Waals surface area contributed by atoms with Crippen molar-refractivity contribution in [2.24, 2.45) is 11.3 Å². The molecule has 1 aliphatic rings. The van der Waals surface area contributed by atoms with Gasteiger partial charge in [-0.05, 0) is 18.8 Å². The molecule has 1 saturated heterocycles. The Balaban J connectivity index is 2.33. The van der Waals surface area contributed by atoms with Crippen LogP contribution in [0.3, 0.4) is 0 Å². The molecule has 0 unspecified atom stereocenters. The van der Waals surface area contributed by atoms with Gasteiger partial charge in [-0.25, -0.2) is 0 Å². The summed E-state index contributed by atoms with van der Waals surface area (Å²) >= 11 is 0. The summed E-state index contributed by atoms with van der Waals surface area (Å²) < 4.78 is 5.29. The van der Waals surface area contributed by atoms with Crippen molar-refractivity contribution in [2.45, 2.75) is 40.0 Å². The van der Waals surface area contributed by atoms with E-state index in [9.17, 15) is 0 Å².